The van der Waals surface area contributed by atoms with Crippen molar-refractivity contribution in [2.45, 2.75) is 19.7 Å². The molecule has 1 aromatic carbocycles. The first kappa shape index (κ1) is 15.8. The van der Waals surface area contributed by atoms with Gasteiger partial charge < -0.3 is 9.47 Å². The largest absolute Gasteiger partial charge is 0.573 e. The van der Waals surface area contributed by atoms with Gasteiger partial charge in [0.25, 0.3) is 0 Å². The van der Waals surface area contributed by atoms with Crippen LogP contribution in [0.1, 0.15) is 18.1 Å². The molecule has 0 fully saturated rings. The van der Waals surface area contributed by atoms with Crippen molar-refractivity contribution < 1.29 is 31.8 Å². The van der Waals surface area contributed by atoms with Crippen LogP contribution in [0.4, 0.5) is 17.6 Å². The summed E-state index contributed by atoms with van der Waals surface area (Å²) in [6.45, 7) is 1.65. The minimum absolute atomic E-state index is 0.0133. The lowest BCUT2D eigenvalue weighted by Gasteiger charge is -2.12. The highest BCUT2D eigenvalue weighted by Crippen LogP contribution is 2.29. The smallest absolute Gasteiger partial charge is 0.466 e. The van der Waals surface area contributed by atoms with E-state index in [0.717, 1.165) is 6.07 Å². The molecule has 0 unspecified atom stereocenters. The van der Waals surface area contributed by atoms with Crippen LogP contribution in [0.5, 0.6) is 5.75 Å². The summed E-state index contributed by atoms with van der Waals surface area (Å²) in [5.74, 6) is -3.30. The van der Waals surface area contributed by atoms with Gasteiger partial charge in [-0.2, -0.15) is 5.26 Å². The molecule has 0 aliphatic carbocycles. The molecule has 0 amide bonds. The third-order valence-electron chi connectivity index (χ3n) is 2.10. The van der Waals surface area contributed by atoms with E-state index in [0.29, 0.717) is 6.07 Å². The van der Waals surface area contributed by atoms with E-state index >= 15 is 0 Å². The molecule has 0 aliphatic rings. The first-order chi connectivity index (χ1) is 9.26. The van der Waals surface area contributed by atoms with Crippen LogP contribution in [-0.4, -0.2) is 18.9 Å². The monoisotopic (exact) mass is 291 g/mol. The van der Waals surface area contributed by atoms with E-state index in [1.54, 1.807) is 6.92 Å². The van der Waals surface area contributed by atoms with E-state index in [1.165, 1.54) is 6.07 Å². The van der Waals surface area contributed by atoms with Crippen LogP contribution in [0.2, 0.25) is 0 Å². The second kappa shape index (κ2) is 6.23. The van der Waals surface area contributed by atoms with E-state index in [2.05, 4.69) is 9.47 Å². The van der Waals surface area contributed by atoms with Crippen molar-refractivity contribution >= 4 is 5.97 Å². The molecule has 4 nitrogen and oxygen atoms in total. The number of esters is 1. The van der Waals surface area contributed by atoms with Gasteiger partial charge in [0.05, 0.1) is 18.6 Å². The van der Waals surface area contributed by atoms with Crippen LogP contribution >= 0.6 is 0 Å². The summed E-state index contributed by atoms with van der Waals surface area (Å²) >= 11 is 0. The topological polar surface area (TPSA) is 59.3 Å². The number of alkyl halides is 3. The predicted octanol–water partition coefficient (Wildman–Crippen LogP) is 2.70. The summed E-state index contributed by atoms with van der Waals surface area (Å²) in [7, 11) is 0. The van der Waals surface area contributed by atoms with Crippen molar-refractivity contribution in [1.82, 2.24) is 0 Å². The summed E-state index contributed by atoms with van der Waals surface area (Å²) < 4.78 is 57.9. The maximum atomic E-state index is 13.5. The average molecular weight is 291 g/mol. The van der Waals surface area contributed by atoms with E-state index in [1.807, 2.05) is 0 Å². The number of halogens is 4. The summed E-state index contributed by atoms with van der Waals surface area (Å²) in [4.78, 5) is 11.2. The van der Waals surface area contributed by atoms with Gasteiger partial charge in [0.1, 0.15) is 6.07 Å². The molecule has 0 aromatic heterocycles. The lowest BCUT2D eigenvalue weighted by Crippen LogP contribution is -2.18. The number of hydrogen-bond acceptors (Lipinski definition) is 4. The number of nitriles is 1. The first-order valence-corrected chi connectivity index (χ1v) is 5.40. The van der Waals surface area contributed by atoms with Crippen molar-refractivity contribution in [1.29, 1.82) is 5.26 Å². The number of benzene rings is 1. The Morgan fingerprint density at radius 3 is 2.55 bits per heavy atom. The van der Waals surface area contributed by atoms with Gasteiger partial charge in [0, 0.05) is 0 Å². The van der Waals surface area contributed by atoms with Crippen LogP contribution in [0, 0.1) is 17.1 Å². The highest BCUT2D eigenvalue weighted by Gasteiger charge is 2.33. The van der Waals surface area contributed by atoms with Crippen LogP contribution < -0.4 is 4.74 Å². The molecular weight excluding hydrogens is 282 g/mol. The molecule has 0 spiro atoms. The molecule has 8 heteroatoms. The molecule has 0 saturated carbocycles. The number of ether oxygens (including phenoxy) is 2. The molecule has 0 radical (unpaired) electrons. The average Bonchev–Trinajstić information content (AvgIpc) is 2.31. The molecular formula is C12H9F4NO3. The predicted molar refractivity (Wildman–Crippen MR) is 58.1 cm³/mol. The van der Waals surface area contributed by atoms with Gasteiger partial charge in [0.15, 0.2) is 11.6 Å². The Balaban J connectivity index is 3.12. The molecule has 0 saturated heterocycles. The number of carbonyl (C=O) groups excluding carboxylic acids is 1. The second-order valence-electron chi connectivity index (χ2n) is 3.60. The summed E-state index contributed by atoms with van der Waals surface area (Å²) in [6.07, 6.45) is -5.49. The van der Waals surface area contributed by atoms with Crippen molar-refractivity contribution in [2.75, 3.05) is 6.61 Å². The molecule has 20 heavy (non-hydrogen) atoms. The molecule has 0 atom stereocenters. The molecule has 0 heterocycles. The van der Waals surface area contributed by atoms with E-state index in [-0.39, 0.29) is 12.2 Å². The molecule has 0 bridgehead atoms. The third-order valence-corrected chi connectivity index (χ3v) is 2.10. The fourth-order valence-corrected chi connectivity index (χ4v) is 1.42. The zero-order chi connectivity index (χ0) is 15.3. The number of carbonyl (C=O) groups is 1. The van der Waals surface area contributed by atoms with E-state index in [4.69, 9.17) is 5.26 Å². The van der Waals surface area contributed by atoms with Crippen molar-refractivity contribution in [3.63, 3.8) is 0 Å². The Morgan fingerprint density at radius 1 is 1.40 bits per heavy atom. The maximum Gasteiger partial charge on any atom is 0.573 e. The fourth-order valence-electron chi connectivity index (χ4n) is 1.42. The highest BCUT2D eigenvalue weighted by atomic mass is 19.4. The Kier molecular flexibility index (Phi) is 4.91. The van der Waals surface area contributed by atoms with Crippen molar-refractivity contribution in [3.8, 4) is 11.8 Å². The van der Waals surface area contributed by atoms with Crippen LogP contribution in [0.3, 0.4) is 0 Å². The molecule has 0 aliphatic heterocycles. The van der Waals surface area contributed by atoms with Gasteiger partial charge in [-0.1, -0.05) is 0 Å². The normalized spacial score (nSPS) is 10.8. The van der Waals surface area contributed by atoms with Gasteiger partial charge in [-0.15, -0.1) is 13.2 Å². The third kappa shape index (κ3) is 4.42. The second-order valence-corrected chi connectivity index (χ2v) is 3.60. The summed E-state index contributed by atoms with van der Waals surface area (Å²) in [6, 6.07) is 3.07. The fraction of sp³-hybridized carbons (Fsp3) is 0.333. The summed E-state index contributed by atoms with van der Waals surface area (Å²) in [5, 5.41) is 8.66. The van der Waals surface area contributed by atoms with Crippen LogP contribution in [-0.2, 0) is 16.0 Å². The van der Waals surface area contributed by atoms with E-state index in [9.17, 15) is 22.4 Å². The number of hydrogen-bond donors (Lipinski definition) is 0. The van der Waals surface area contributed by atoms with Gasteiger partial charge >= 0.3 is 12.3 Å². The van der Waals surface area contributed by atoms with Gasteiger partial charge in [-0.05, 0) is 24.6 Å². The van der Waals surface area contributed by atoms with Gasteiger partial charge in [0.2, 0.25) is 0 Å². The Morgan fingerprint density at radius 2 is 2.05 bits per heavy atom. The minimum Gasteiger partial charge on any atom is -0.466 e. The number of rotatable bonds is 4. The lowest BCUT2D eigenvalue weighted by molar-refractivity contribution is -0.275. The Bertz CT molecular complexity index is 549. The zero-order valence-electron chi connectivity index (χ0n) is 10.3. The molecule has 108 valence electrons. The quantitative estimate of drug-likeness (QED) is 0.632. The Labute approximate surface area is 111 Å². The van der Waals surface area contributed by atoms with E-state index < -0.39 is 35.9 Å². The SMILES string of the molecule is CCOC(=O)Cc1cc(C#N)c(F)c(OC(F)(F)F)c1. The molecule has 1 aromatic rings. The summed E-state index contributed by atoms with van der Waals surface area (Å²) in [5.41, 5.74) is -0.660. The van der Waals surface area contributed by atoms with Gasteiger partial charge in [-0.3, -0.25) is 4.79 Å². The maximum absolute atomic E-state index is 13.5. The van der Waals surface area contributed by atoms with Crippen LogP contribution in [0.15, 0.2) is 12.1 Å². The van der Waals surface area contributed by atoms with Crippen molar-refractivity contribution in [2.24, 2.45) is 0 Å². The van der Waals surface area contributed by atoms with Crippen molar-refractivity contribution in [3.05, 3.63) is 29.1 Å². The number of nitrogens with zero attached hydrogens (tertiary/aromatic N) is 1. The molecule has 1 rings (SSSR count). The minimum atomic E-state index is -5.10. The lowest BCUT2D eigenvalue weighted by atomic mass is 10.1. The first-order valence-electron chi connectivity index (χ1n) is 5.40. The Hall–Kier alpha value is -2.30. The van der Waals surface area contributed by atoms with Crippen LogP contribution in [0.25, 0.3) is 0 Å². The highest BCUT2D eigenvalue weighted by molar-refractivity contribution is 5.73. The zero-order valence-corrected chi connectivity index (χ0v) is 10.3. The molecule has 0 N–H and O–H groups in total. The van der Waals surface area contributed by atoms with Gasteiger partial charge in [-0.25, -0.2) is 4.39 Å². The standard InChI is InChI=1S/C12H9F4NO3/c1-2-19-10(18)5-7-3-8(6-17)11(13)9(4-7)20-12(14,15)16/h3-4H,2,5H2,1H3.